The third kappa shape index (κ3) is 4.55. The summed E-state index contributed by atoms with van der Waals surface area (Å²) in [5.41, 5.74) is 2.85. The van der Waals surface area contributed by atoms with Gasteiger partial charge in [0.15, 0.2) is 0 Å². The molecule has 1 atom stereocenters. The Kier molecular flexibility index (Phi) is 6.89. The minimum atomic E-state index is -0.419. The van der Waals surface area contributed by atoms with Crippen LogP contribution in [0.2, 0.25) is 5.02 Å². The predicted molar refractivity (Wildman–Crippen MR) is 128 cm³/mol. The molecule has 32 heavy (non-hydrogen) atoms. The van der Waals surface area contributed by atoms with Gasteiger partial charge in [-0.15, -0.1) is 12.4 Å². The molecule has 2 aliphatic heterocycles. The van der Waals surface area contributed by atoms with E-state index in [1.165, 1.54) is 0 Å². The fourth-order valence-electron chi connectivity index (χ4n) is 4.03. The standard InChI is InChI=1S/C23H24ClN5O2.ClH/c24-17-5-7-18(8-6-17)28-15-19(9-10-22(30)27-13-11-25-12-14-27)31-23(28)29-16-26-20-3-1-2-4-21(20)29;/h1-8,15-16,23,25H,9-14H2;1H. The number of rotatable bonds is 5. The SMILES string of the molecule is Cl.O=C(CCC1=CN(c2ccc(Cl)cc2)C(n2cnc3ccccc32)O1)N1CCNCC1. The molecule has 1 saturated heterocycles. The number of anilines is 1. The number of nitrogens with one attached hydrogen (secondary N) is 1. The number of fused-ring (bicyclic) bond motifs is 1. The second-order valence-electron chi connectivity index (χ2n) is 7.69. The first-order valence-electron chi connectivity index (χ1n) is 10.5. The monoisotopic (exact) mass is 473 g/mol. The van der Waals surface area contributed by atoms with Crippen molar-refractivity contribution in [2.45, 2.75) is 19.2 Å². The first-order chi connectivity index (χ1) is 15.2. The van der Waals surface area contributed by atoms with E-state index in [4.69, 9.17) is 16.3 Å². The van der Waals surface area contributed by atoms with E-state index in [0.29, 0.717) is 17.9 Å². The average molecular weight is 474 g/mol. The summed E-state index contributed by atoms with van der Waals surface area (Å²) in [7, 11) is 0. The van der Waals surface area contributed by atoms with Crippen LogP contribution in [0, 0.1) is 0 Å². The van der Waals surface area contributed by atoms with Crippen molar-refractivity contribution >= 4 is 46.6 Å². The summed E-state index contributed by atoms with van der Waals surface area (Å²) >= 11 is 6.09. The van der Waals surface area contributed by atoms with Gasteiger partial charge in [0.2, 0.25) is 5.91 Å². The van der Waals surface area contributed by atoms with Crippen LogP contribution in [0.3, 0.4) is 0 Å². The summed E-state index contributed by atoms with van der Waals surface area (Å²) in [6.07, 6.45) is 4.33. The van der Waals surface area contributed by atoms with Crippen molar-refractivity contribution in [2.75, 3.05) is 31.1 Å². The lowest BCUT2D eigenvalue weighted by molar-refractivity contribution is -0.131. The molecule has 0 aliphatic carbocycles. The van der Waals surface area contributed by atoms with E-state index >= 15 is 0 Å². The number of benzene rings is 2. The molecule has 0 spiro atoms. The number of para-hydroxylation sites is 2. The van der Waals surface area contributed by atoms with Gasteiger partial charge in [0.05, 0.1) is 11.0 Å². The van der Waals surface area contributed by atoms with Crippen molar-refractivity contribution in [3.8, 4) is 0 Å². The Bertz CT molecular complexity index is 1110. The van der Waals surface area contributed by atoms with Crippen molar-refractivity contribution in [1.29, 1.82) is 0 Å². The summed E-state index contributed by atoms with van der Waals surface area (Å²) in [6, 6.07) is 15.6. The number of carbonyl (C=O) groups excluding carboxylic acids is 1. The molecule has 1 fully saturated rings. The first-order valence-corrected chi connectivity index (χ1v) is 10.9. The molecule has 3 aromatic rings. The average Bonchev–Trinajstić information content (AvgIpc) is 3.42. The highest BCUT2D eigenvalue weighted by atomic mass is 35.5. The molecule has 0 saturated carbocycles. The number of piperazine rings is 1. The van der Waals surface area contributed by atoms with Gasteiger partial charge < -0.3 is 15.0 Å². The first kappa shape index (κ1) is 22.5. The van der Waals surface area contributed by atoms with Gasteiger partial charge in [-0.05, 0) is 36.4 Å². The zero-order valence-electron chi connectivity index (χ0n) is 17.5. The number of allylic oxidation sites excluding steroid dienone is 1. The van der Waals surface area contributed by atoms with Gasteiger partial charge >= 0.3 is 0 Å². The van der Waals surface area contributed by atoms with E-state index in [2.05, 4.69) is 15.2 Å². The Morgan fingerprint density at radius 1 is 1.12 bits per heavy atom. The molecule has 5 rings (SSSR count). The van der Waals surface area contributed by atoms with Crippen molar-refractivity contribution in [3.63, 3.8) is 0 Å². The fourth-order valence-corrected chi connectivity index (χ4v) is 4.15. The van der Waals surface area contributed by atoms with Gasteiger partial charge in [-0.1, -0.05) is 23.7 Å². The molecular formula is C23H25Cl2N5O2. The van der Waals surface area contributed by atoms with E-state index in [0.717, 1.165) is 48.7 Å². The van der Waals surface area contributed by atoms with Gasteiger partial charge in [0.25, 0.3) is 6.35 Å². The lowest BCUT2D eigenvalue weighted by Crippen LogP contribution is -2.46. The van der Waals surface area contributed by atoms with Crippen LogP contribution in [-0.2, 0) is 9.53 Å². The van der Waals surface area contributed by atoms with Crippen LogP contribution in [0.5, 0.6) is 0 Å². The zero-order valence-corrected chi connectivity index (χ0v) is 19.1. The minimum Gasteiger partial charge on any atom is -0.454 e. The second-order valence-corrected chi connectivity index (χ2v) is 8.13. The molecule has 1 N–H and O–H groups in total. The molecular weight excluding hydrogens is 449 g/mol. The van der Waals surface area contributed by atoms with Gasteiger partial charge in [0.1, 0.15) is 12.1 Å². The summed E-state index contributed by atoms with van der Waals surface area (Å²) in [4.78, 5) is 21.1. The van der Waals surface area contributed by atoms with E-state index in [1.807, 2.05) is 64.2 Å². The molecule has 0 bridgehead atoms. The van der Waals surface area contributed by atoms with Gasteiger partial charge in [-0.25, -0.2) is 4.98 Å². The molecule has 168 valence electrons. The molecule has 3 heterocycles. The van der Waals surface area contributed by atoms with Crippen molar-refractivity contribution in [1.82, 2.24) is 19.8 Å². The quantitative estimate of drug-likeness (QED) is 0.602. The number of nitrogens with zero attached hydrogens (tertiary/aromatic N) is 4. The highest BCUT2D eigenvalue weighted by Gasteiger charge is 2.30. The number of aromatic nitrogens is 2. The highest BCUT2D eigenvalue weighted by molar-refractivity contribution is 6.30. The number of carbonyl (C=O) groups is 1. The molecule has 2 aliphatic rings. The maximum atomic E-state index is 12.6. The summed E-state index contributed by atoms with van der Waals surface area (Å²) in [5, 5.41) is 3.96. The van der Waals surface area contributed by atoms with Crippen molar-refractivity contribution < 1.29 is 9.53 Å². The number of imidazole rings is 1. The summed E-state index contributed by atoms with van der Waals surface area (Å²) in [6.45, 7) is 3.23. The molecule has 0 radical (unpaired) electrons. The van der Waals surface area contributed by atoms with E-state index in [9.17, 15) is 4.79 Å². The third-order valence-electron chi connectivity index (χ3n) is 5.68. The number of hydrogen-bond acceptors (Lipinski definition) is 5. The molecule has 1 amide bonds. The number of hydrogen-bond donors (Lipinski definition) is 1. The molecule has 1 unspecified atom stereocenters. The number of halogens is 2. The lowest BCUT2D eigenvalue weighted by Gasteiger charge is -2.27. The fraction of sp³-hybridized carbons (Fsp3) is 0.304. The topological polar surface area (TPSA) is 62.6 Å². The van der Waals surface area contributed by atoms with Gasteiger partial charge in [-0.2, -0.15) is 0 Å². The van der Waals surface area contributed by atoms with Crippen LogP contribution >= 0.6 is 24.0 Å². The number of amides is 1. The molecule has 1 aromatic heterocycles. The lowest BCUT2D eigenvalue weighted by atomic mass is 10.2. The van der Waals surface area contributed by atoms with Crippen LogP contribution in [0.4, 0.5) is 5.69 Å². The minimum absolute atomic E-state index is 0. The van der Waals surface area contributed by atoms with Crippen LogP contribution in [0.15, 0.2) is 66.8 Å². The summed E-state index contributed by atoms with van der Waals surface area (Å²) < 4.78 is 8.35. The Balaban J connectivity index is 0.00000245. The van der Waals surface area contributed by atoms with Crippen LogP contribution in [0.25, 0.3) is 11.0 Å². The predicted octanol–water partition coefficient (Wildman–Crippen LogP) is 4.16. The Hall–Kier alpha value is -2.74. The Morgan fingerprint density at radius 2 is 1.88 bits per heavy atom. The Labute approximate surface area is 198 Å². The smallest absolute Gasteiger partial charge is 0.261 e. The third-order valence-corrected chi connectivity index (χ3v) is 5.93. The van der Waals surface area contributed by atoms with Crippen LogP contribution < -0.4 is 10.2 Å². The van der Waals surface area contributed by atoms with Crippen molar-refractivity contribution in [2.24, 2.45) is 0 Å². The van der Waals surface area contributed by atoms with E-state index < -0.39 is 6.35 Å². The molecule has 9 heteroatoms. The largest absolute Gasteiger partial charge is 0.454 e. The maximum Gasteiger partial charge on any atom is 0.261 e. The van der Waals surface area contributed by atoms with Gasteiger partial charge in [-0.3, -0.25) is 14.3 Å². The molecule has 7 nitrogen and oxygen atoms in total. The maximum absolute atomic E-state index is 12.6. The van der Waals surface area contributed by atoms with E-state index in [-0.39, 0.29) is 18.3 Å². The van der Waals surface area contributed by atoms with E-state index in [1.54, 1.807) is 6.33 Å². The Morgan fingerprint density at radius 3 is 2.66 bits per heavy atom. The van der Waals surface area contributed by atoms with Crippen molar-refractivity contribution in [3.05, 3.63) is 71.8 Å². The van der Waals surface area contributed by atoms with Gasteiger partial charge in [0, 0.05) is 55.9 Å². The highest BCUT2D eigenvalue weighted by Crippen LogP contribution is 2.36. The zero-order chi connectivity index (χ0) is 21.2. The van der Waals surface area contributed by atoms with Crippen LogP contribution in [0.1, 0.15) is 19.2 Å². The normalized spacial score (nSPS) is 18.3. The van der Waals surface area contributed by atoms with Crippen LogP contribution in [-0.4, -0.2) is 46.5 Å². The second kappa shape index (κ2) is 9.81. The summed E-state index contributed by atoms with van der Waals surface area (Å²) in [5.74, 6) is 0.946. The number of ether oxygens (including phenoxy) is 1. The molecule has 2 aromatic carbocycles.